The summed E-state index contributed by atoms with van der Waals surface area (Å²) in [5.74, 6) is -0.0275. The standard InChI is InChI=1S/C12H17N5O/c1-8-10-6-9(7-14-11(10)16-15-8)12(18)17(3)5-4-13-2/h6-7,13H,4-5H2,1-3H3,(H,14,15,16). The van der Waals surface area contributed by atoms with E-state index in [-0.39, 0.29) is 5.91 Å². The van der Waals surface area contributed by atoms with Crippen molar-refractivity contribution in [1.29, 1.82) is 0 Å². The lowest BCUT2D eigenvalue weighted by Gasteiger charge is -2.16. The van der Waals surface area contributed by atoms with Gasteiger partial charge in [-0.05, 0) is 20.0 Å². The lowest BCUT2D eigenvalue weighted by atomic mass is 10.2. The van der Waals surface area contributed by atoms with Crippen molar-refractivity contribution in [3.05, 3.63) is 23.5 Å². The second-order valence-corrected chi connectivity index (χ2v) is 4.27. The fourth-order valence-corrected chi connectivity index (χ4v) is 1.74. The SMILES string of the molecule is CNCCN(C)C(=O)c1cnc2n[nH]c(C)c2c1. The average Bonchev–Trinajstić information content (AvgIpc) is 2.76. The molecule has 18 heavy (non-hydrogen) atoms. The third-order valence-electron chi connectivity index (χ3n) is 2.89. The van der Waals surface area contributed by atoms with Crippen LogP contribution in [0.1, 0.15) is 16.1 Å². The van der Waals surface area contributed by atoms with Crippen molar-refractivity contribution < 1.29 is 4.79 Å². The zero-order valence-electron chi connectivity index (χ0n) is 10.8. The quantitative estimate of drug-likeness (QED) is 0.828. The number of pyridine rings is 1. The molecule has 2 N–H and O–H groups in total. The predicted octanol–water partition coefficient (Wildman–Crippen LogP) is 0.558. The van der Waals surface area contributed by atoms with Crippen LogP contribution in [0.15, 0.2) is 12.3 Å². The fraction of sp³-hybridized carbons (Fsp3) is 0.417. The third kappa shape index (κ3) is 2.33. The molecular formula is C12H17N5O. The van der Waals surface area contributed by atoms with E-state index < -0.39 is 0 Å². The minimum atomic E-state index is -0.0275. The van der Waals surface area contributed by atoms with Gasteiger partial charge in [-0.2, -0.15) is 5.10 Å². The van der Waals surface area contributed by atoms with E-state index in [0.717, 1.165) is 17.6 Å². The van der Waals surface area contributed by atoms with Crippen molar-refractivity contribution in [2.45, 2.75) is 6.92 Å². The molecule has 6 nitrogen and oxygen atoms in total. The number of likely N-dealkylation sites (N-methyl/N-ethyl adjacent to an activating group) is 2. The Morgan fingerprint density at radius 1 is 1.56 bits per heavy atom. The van der Waals surface area contributed by atoms with Gasteiger partial charge >= 0.3 is 0 Å². The molecule has 0 fully saturated rings. The van der Waals surface area contributed by atoms with Gasteiger partial charge in [0.05, 0.1) is 5.56 Å². The molecule has 0 saturated heterocycles. The van der Waals surface area contributed by atoms with E-state index in [0.29, 0.717) is 17.8 Å². The van der Waals surface area contributed by atoms with Gasteiger partial charge in [-0.1, -0.05) is 0 Å². The van der Waals surface area contributed by atoms with Crippen LogP contribution >= 0.6 is 0 Å². The maximum atomic E-state index is 12.2. The van der Waals surface area contributed by atoms with Gasteiger partial charge < -0.3 is 10.2 Å². The van der Waals surface area contributed by atoms with E-state index in [4.69, 9.17) is 0 Å². The molecule has 0 atom stereocenters. The molecule has 6 heteroatoms. The van der Waals surface area contributed by atoms with Crippen LogP contribution in [0.25, 0.3) is 11.0 Å². The van der Waals surface area contributed by atoms with Gasteiger partial charge in [0.25, 0.3) is 5.91 Å². The Labute approximate surface area is 105 Å². The summed E-state index contributed by atoms with van der Waals surface area (Å²) in [5.41, 5.74) is 2.15. The van der Waals surface area contributed by atoms with Crippen molar-refractivity contribution >= 4 is 16.9 Å². The second-order valence-electron chi connectivity index (χ2n) is 4.27. The molecule has 0 saturated carbocycles. The van der Waals surface area contributed by atoms with Crippen LogP contribution in [-0.4, -0.2) is 53.2 Å². The topological polar surface area (TPSA) is 73.9 Å². The largest absolute Gasteiger partial charge is 0.340 e. The highest BCUT2D eigenvalue weighted by molar-refractivity contribution is 5.97. The molecule has 0 bridgehead atoms. The number of H-pyrrole nitrogens is 1. The van der Waals surface area contributed by atoms with Crippen LogP contribution in [0.4, 0.5) is 0 Å². The number of aromatic nitrogens is 3. The Hall–Kier alpha value is -1.95. The number of aryl methyl sites for hydroxylation is 1. The van der Waals surface area contributed by atoms with Gasteiger partial charge in [-0.3, -0.25) is 9.89 Å². The summed E-state index contributed by atoms with van der Waals surface area (Å²) >= 11 is 0. The van der Waals surface area contributed by atoms with Crippen LogP contribution in [-0.2, 0) is 0 Å². The van der Waals surface area contributed by atoms with Crippen molar-refractivity contribution in [1.82, 2.24) is 25.4 Å². The van der Waals surface area contributed by atoms with Gasteiger partial charge in [0.15, 0.2) is 5.65 Å². The first-order chi connectivity index (χ1) is 8.63. The summed E-state index contributed by atoms with van der Waals surface area (Å²) in [4.78, 5) is 18.0. The summed E-state index contributed by atoms with van der Waals surface area (Å²) in [6.07, 6.45) is 1.57. The lowest BCUT2D eigenvalue weighted by Crippen LogP contribution is -2.32. The minimum Gasteiger partial charge on any atom is -0.340 e. The Morgan fingerprint density at radius 3 is 3.06 bits per heavy atom. The summed E-state index contributed by atoms with van der Waals surface area (Å²) in [6.45, 7) is 3.34. The highest BCUT2D eigenvalue weighted by Crippen LogP contribution is 2.15. The van der Waals surface area contributed by atoms with E-state index in [1.807, 2.05) is 20.0 Å². The Balaban J connectivity index is 2.24. The summed E-state index contributed by atoms with van der Waals surface area (Å²) in [7, 11) is 3.65. The van der Waals surface area contributed by atoms with E-state index in [1.54, 1.807) is 18.1 Å². The Bertz CT molecular complexity index is 563. The number of nitrogens with one attached hydrogen (secondary N) is 2. The molecule has 0 aliphatic heterocycles. The molecule has 96 valence electrons. The summed E-state index contributed by atoms with van der Waals surface area (Å²) in [5, 5.41) is 10.8. The molecular weight excluding hydrogens is 230 g/mol. The molecule has 0 spiro atoms. The maximum absolute atomic E-state index is 12.2. The summed E-state index contributed by atoms with van der Waals surface area (Å²) in [6, 6.07) is 1.83. The van der Waals surface area contributed by atoms with Gasteiger partial charge in [-0.15, -0.1) is 0 Å². The van der Waals surface area contributed by atoms with Gasteiger partial charge in [0.1, 0.15) is 0 Å². The van der Waals surface area contributed by atoms with E-state index in [1.165, 1.54) is 0 Å². The van der Waals surface area contributed by atoms with Gasteiger partial charge in [-0.25, -0.2) is 4.98 Å². The lowest BCUT2D eigenvalue weighted by molar-refractivity contribution is 0.0796. The van der Waals surface area contributed by atoms with Gasteiger partial charge in [0, 0.05) is 37.4 Å². The number of carbonyl (C=O) groups excluding carboxylic acids is 1. The molecule has 1 amide bonds. The number of nitrogens with zero attached hydrogens (tertiary/aromatic N) is 3. The number of hydrogen-bond donors (Lipinski definition) is 2. The van der Waals surface area contributed by atoms with Crippen LogP contribution in [0, 0.1) is 6.92 Å². The Kier molecular flexibility index (Phi) is 3.57. The minimum absolute atomic E-state index is 0.0275. The zero-order chi connectivity index (χ0) is 13.1. The highest BCUT2D eigenvalue weighted by atomic mass is 16.2. The molecule has 0 radical (unpaired) electrons. The predicted molar refractivity (Wildman–Crippen MR) is 69.5 cm³/mol. The summed E-state index contributed by atoms with van der Waals surface area (Å²) < 4.78 is 0. The highest BCUT2D eigenvalue weighted by Gasteiger charge is 2.13. The molecule has 0 aromatic carbocycles. The van der Waals surface area contributed by atoms with Crippen LogP contribution in [0.2, 0.25) is 0 Å². The monoisotopic (exact) mass is 247 g/mol. The number of fused-ring (bicyclic) bond motifs is 1. The number of carbonyl (C=O) groups is 1. The van der Waals surface area contributed by atoms with Crippen molar-refractivity contribution in [3.63, 3.8) is 0 Å². The molecule has 2 rings (SSSR count). The van der Waals surface area contributed by atoms with E-state index >= 15 is 0 Å². The van der Waals surface area contributed by atoms with Crippen molar-refractivity contribution in [2.75, 3.05) is 27.2 Å². The number of hydrogen-bond acceptors (Lipinski definition) is 4. The first-order valence-corrected chi connectivity index (χ1v) is 5.84. The van der Waals surface area contributed by atoms with Gasteiger partial charge in [0.2, 0.25) is 0 Å². The molecule has 0 aliphatic rings. The number of amides is 1. The Morgan fingerprint density at radius 2 is 2.33 bits per heavy atom. The van der Waals surface area contributed by atoms with Crippen LogP contribution in [0.5, 0.6) is 0 Å². The normalized spacial score (nSPS) is 10.8. The van der Waals surface area contributed by atoms with Crippen molar-refractivity contribution in [3.8, 4) is 0 Å². The van der Waals surface area contributed by atoms with Crippen LogP contribution < -0.4 is 5.32 Å². The van der Waals surface area contributed by atoms with E-state index in [2.05, 4.69) is 20.5 Å². The van der Waals surface area contributed by atoms with Crippen molar-refractivity contribution in [2.24, 2.45) is 0 Å². The number of rotatable bonds is 4. The zero-order valence-corrected chi connectivity index (χ0v) is 10.8. The van der Waals surface area contributed by atoms with Crippen LogP contribution in [0.3, 0.4) is 0 Å². The molecule has 0 unspecified atom stereocenters. The molecule has 2 heterocycles. The second kappa shape index (κ2) is 5.14. The number of aromatic amines is 1. The fourth-order valence-electron chi connectivity index (χ4n) is 1.74. The third-order valence-corrected chi connectivity index (χ3v) is 2.89. The molecule has 2 aromatic rings. The molecule has 2 aromatic heterocycles. The average molecular weight is 247 g/mol. The molecule has 0 aliphatic carbocycles. The smallest absolute Gasteiger partial charge is 0.255 e. The first-order valence-electron chi connectivity index (χ1n) is 5.84. The maximum Gasteiger partial charge on any atom is 0.255 e. The van der Waals surface area contributed by atoms with E-state index in [9.17, 15) is 4.79 Å². The first kappa shape index (κ1) is 12.5.